The van der Waals surface area contributed by atoms with Gasteiger partial charge >= 0.3 is 0 Å². The number of hydrogen-bond acceptors (Lipinski definition) is 4. The second kappa shape index (κ2) is 10.3. The van der Waals surface area contributed by atoms with Crippen LogP contribution in [0.4, 0.5) is 5.69 Å². The molecule has 1 amide bonds. The molecule has 7 heteroatoms. The van der Waals surface area contributed by atoms with E-state index in [1.54, 1.807) is 30.5 Å². The molecule has 0 fully saturated rings. The van der Waals surface area contributed by atoms with Crippen LogP contribution in [-0.4, -0.2) is 20.4 Å². The summed E-state index contributed by atoms with van der Waals surface area (Å²) in [6.45, 7) is 2.39. The number of hydrogen-bond donors (Lipinski definition) is 1. The van der Waals surface area contributed by atoms with Gasteiger partial charge in [0, 0.05) is 30.0 Å². The number of primary amides is 1. The molecule has 2 N–H and O–H groups in total. The van der Waals surface area contributed by atoms with Crippen LogP contribution in [0.1, 0.15) is 42.4 Å². The fraction of sp³-hybridized carbons (Fsp3) is 0.250. The summed E-state index contributed by atoms with van der Waals surface area (Å²) in [7, 11) is 0. The Morgan fingerprint density at radius 3 is 2.55 bits per heavy atom. The lowest BCUT2D eigenvalue weighted by Gasteiger charge is -2.12. The van der Waals surface area contributed by atoms with Crippen LogP contribution in [0.5, 0.6) is 0 Å². The maximum absolute atomic E-state index is 12.1. The minimum Gasteiger partial charge on any atom is -0.366 e. The number of aryl methyl sites for hydroxylation is 1. The highest BCUT2D eigenvalue weighted by atomic mass is 16.6. The first-order chi connectivity index (χ1) is 15.0. The van der Waals surface area contributed by atoms with E-state index in [0.29, 0.717) is 29.8 Å². The summed E-state index contributed by atoms with van der Waals surface area (Å²) in [5.74, 6) is 0.326. The number of carbonyl (C=O) groups excluding carboxylic acids is 1. The SMILES string of the molecule is CCCCc1ncc(C=C(Cc2ccccc2)C(N)=O)n1Cc1ccccc1[N+](=O)[O-]. The molecule has 0 aliphatic carbocycles. The van der Waals surface area contributed by atoms with Gasteiger partial charge in [-0.15, -0.1) is 0 Å². The first-order valence-corrected chi connectivity index (χ1v) is 10.3. The van der Waals surface area contributed by atoms with E-state index in [9.17, 15) is 14.9 Å². The molecule has 0 unspecified atom stereocenters. The molecule has 31 heavy (non-hydrogen) atoms. The molecule has 0 radical (unpaired) electrons. The topological polar surface area (TPSA) is 104 Å². The summed E-state index contributed by atoms with van der Waals surface area (Å²) in [6, 6.07) is 16.3. The van der Waals surface area contributed by atoms with Gasteiger partial charge in [0.05, 0.1) is 23.4 Å². The summed E-state index contributed by atoms with van der Waals surface area (Å²) in [5.41, 5.74) is 8.44. The first kappa shape index (κ1) is 22.0. The zero-order chi connectivity index (χ0) is 22.2. The number of carbonyl (C=O) groups is 1. The van der Waals surface area contributed by atoms with Gasteiger partial charge in [-0.3, -0.25) is 14.9 Å². The molecule has 1 aromatic heterocycles. The van der Waals surface area contributed by atoms with Crippen LogP contribution >= 0.6 is 0 Å². The highest BCUT2D eigenvalue weighted by Gasteiger charge is 2.17. The van der Waals surface area contributed by atoms with E-state index in [1.807, 2.05) is 34.9 Å². The average molecular weight is 418 g/mol. The van der Waals surface area contributed by atoms with Crippen molar-refractivity contribution in [3.63, 3.8) is 0 Å². The van der Waals surface area contributed by atoms with Gasteiger partial charge in [0.1, 0.15) is 5.82 Å². The minimum absolute atomic E-state index is 0.0620. The molecule has 0 atom stereocenters. The number of amides is 1. The number of rotatable bonds is 10. The highest BCUT2D eigenvalue weighted by Crippen LogP contribution is 2.22. The summed E-state index contributed by atoms with van der Waals surface area (Å²) in [6.07, 6.45) is 6.54. The van der Waals surface area contributed by atoms with Crippen LogP contribution < -0.4 is 5.73 Å². The number of nitro groups is 1. The van der Waals surface area contributed by atoms with Gasteiger partial charge in [-0.2, -0.15) is 0 Å². The van der Waals surface area contributed by atoms with Gasteiger partial charge < -0.3 is 10.3 Å². The van der Waals surface area contributed by atoms with Crippen molar-refractivity contribution in [1.82, 2.24) is 9.55 Å². The van der Waals surface area contributed by atoms with Crippen molar-refractivity contribution < 1.29 is 9.72 Å². The third-order valence-corrected chi connectivity index (χ3v) is 5.12. The van der Waals surface area contributed by atoms with Gasteiger partial charge in [0.15, 0.2) is 0 Å². The minimum atomic E-state index is -0.502. The molecule has 0 aliphatic rings. The Balaban J connectivity index is 2.02. The van der Waals surface area contributed by atoms with Crippen LogP contribution in [0.2, 0.25) is 0 Å². The summed E-state index contributed by atoms with van der Waals surface area (Å²) in [5, 5.41) is 11.5. The largest absolute Gasteiger partial charge is 0.366 e. The maximum atomic E-state index is 12.1. The van der Waals surface area contributed by atoms with Crippen LogP contribution in [0.3, 0.4) is 0 Å². The molecular formula is C24H26N4O3. The molecular weight excluding hydrogens is 392 g/mol. The number of imidazole rings is 1. The zero-order valence-electron chi connectivity index (χ0n) is 17.5. The van der Waals surface area contributed by atoms with E-state index in [4.69, 9.17) is 5.73 Å². The highest BCUT2D eigenvalue weighted by molar-refractivity contribution is 5.96. The molecule has 0 saturated heterocycles. The smallest absolute Gasteiger partial charge is 0.274 e. The Morgan fingerprint density at radius 2 is 1.87 bits per heavy atom. The van der Waals surface area contributed by atoms with Crippen molar-refractivity contribution in [3.05, 3.63) is 99.1 Å². The van der Waals surface area contributed by atoms with Gasteiger partial charge in [0.25, 0.3) is 5.69 Å². The predicted molar refractivity (Wildman–Crippen MR) is 120 cm³/mol. The van der Waals surface area contributed by atoms with E-state index in [1.165, 1.54) is 6.07 Å². The number of para-hydroxylation sites is 1. The molecule has 1 heterocycles. The lowest BCUT2D eigenvalue weighted by Crippen LogP contribution is -2.16. The number of nitrogens with two attached hydrogens (primary N) is 1. The summed E-state index contributed by atoms with van der Waals surface area (Å²) < 4.78 is 1.94. The Kier molecular flexibility index (Phi) is 7.32. The number of unbranched alkanes of at least 4 members (excludes halogenated alkanes) is 1. The fourth-order valence-corrected chi connectivity index (χ4v) is 3.46. The first-order valence-electron chi connectivity index (χ1n) is 10.3. The third kappa shape index (κ3) is 5.66. The van der Waals surface area contributed by atoms with Crippen molar-refractivity contribution in [2.75, 3.05) is 0 Å². The quantitative estimate of drug-likeness (QED) is 0.301. The zero-order valence-corrected chi connectivity index (χ0v) is 17.5. The number of benzene rings is 2. The van der Waals surface area contributed by atoms with Crippen molar-refractivity contribution in [3.8, 4) is 0 Å². The van der Waals surface area contributed by atoms with Crippen LogP contribution in [0.15, 0.2) is 66.4 Å². The Morgan fingerprint density at radius 1 is 1.16 bits per heavy atom. The number of aromatic nitrogens is 2. The molecule has 160 valence electrons. The van der Waals surface area contributed by atoms with Gasteiger partial charge in [-0.25, -0.2) is 4.98 Å². The monoisotopic (exact) mass is 418 g/mol. The van der Waals surface area contributed by atoms with Crippen LogP contribution in [-0.2, 0) is 24.2 Å². The van der Waals surface area contributed by atoms with Crippen LogP contribution in [0, 0.1) is 10.1 Å². The Hall–Kier alpha value is -3.74. The fourth-order valence-electron chi connectivity index (χ4n) is 3.46. The van der Waals surface area contributed by atoms with Crippen molar-refractivity contribution in [2.45, 2.75) is 39.2 Å². The number of nitro benzene ring substituents is 1. The van der Waals surface area contributed by atoms with Crippen molar-refractivity contribution in [1.29, 1.82) is 0 Å². The normalized spacial score (nSPS) is 11.5. The van der Waals surface area contributed by atoms with Gasteiger partial charge in [-0.05, 0) is 18.1 Å². The molecule has 0 bridgehead atoms. The molecule has 0 spiro atoms. The molecule has 3 aromatic rings. The Bertz CT molecular complexity index is 1090. The van der Waals surface area contributed by atoms with E-state index in [0.717, 1.165) is 30.7 Å². The van der Waals surface area contributed by atoms with Gasteiger partial charge in [0.2, 0.25) is 5.91 Å². The standard InChI is InChI=1S/C24H26N4O3/c1-2-3-13-23-26-16-21(15-20(24(25)29)14-18-9-5-4-6-10-18)27(23)17-19-11-7-8-12-22(19)28(30)31/h4-12,15-16H,2-3,13-14,17H2,1H3,(H2,25,29). The lowest BCUT2D eigenvalue weighted by molar-refractivity contribution is -0.385. The van der Waals surface area contributed by atoms with Gasteiger partial charge in [-0.1, -0.05) is 61.9 Å². The van der Waals surface area contributed by atoms with E-state index in [2.05, 4.69) is 11.9 Å². The average Bonchev–Trinajstić information content (AvgIpc) is 3.13. The van der Waals surface area contributed by atoms with Crippen molar-refractivity contribution in [2.24, 2.45) is 5.73 Å². The molecule has 0 saturated carbocycles. The van der Waals surface area contributed by atoms with Crippen molar-refractivity contribution >= 4 is 17.7 Å². The second-order valence-corrected chi connectivity index (χ2v) is 7.37. The lowest BCUT2D eigenvalue weighted by atomic mass is 10.0. The molecule has 0 aliphatic heterocycles. The molecule has 3 rings (SSSR count). The Labute approximate surface area is 181 Å². The summed E-state index contributed by atoms with van der Waals surface area (Å²) >= 11 is 0. The van der Waals surface area contributed by atoms with E-state index < -0.39 is 5.91 Å². The third-order valence-electron chi connectivity index (χ3n) is 5.12. The predicted octanol–water partition coefficient (Wildman–Crippen LogP) is 4.29. The van der Waals surface area contributed by atoms with E-state index >= 15 is 0 Å². The summed E-state index contributed by atoms with van der Waals surface area (Å²) in [4.78, 5) is 27.8. The maximum Gasteiger partial charge on any atom is 0.274 e. The van der Waals surface area contributed by atoms with Crippen LogP contribution in [0.25, 0.3) is 6.08 Å². The molecule has 2 aromatic carbocycles. The second-order valence-electron chi connectivity index (χ2n) is 7.37. The number of nitrogens with zero attached hydrogens (tertiary/aromatic N) is 3. The molecule has 7 nitrogen and oxygen atoms in total. The van der Waals surface area contributed by atoms with E-state index in [-0.39, 0.29) is 10.6 Å².